The van der Waals surface area contributed by atoms with Gasteiger partial charge in [-0.3, -0.25) is 0 Å². The second-order valence-electron chi connectivity index (χ2n) is 4.41. The average molecular weight is 279 g/mol. The van der Waals surface area contributed by atoms with Gasteiger partial charge in [-0.15, -0.1) is 0 Å². The number of nitrogens with zero attached hydrogens (tertiary/aromatic N) is 1. The van der Waals surface area contributed by atoms with Crippen LogP contribution in [0.15, 0.2) is 0 Å². The highest BCUT2D eigenvalue weighted by Crippen LogP contribution is 2.12. The average Bonchev–Trinajstić information content (AvgIpc) is 2.68. The smallest absolute Gasteiger partial charge is 0.422 e. The van der Waals surface area contributed by atoms with E-state index in [4.69, 9.17) is 4.74 Å². The number of likely N-dealkylation sites (N-methyl/N-ethyl adjacent to an activating group) is 1. The van der Waals surface area contributed by atoms with Crippen LogP contribution >= 0.6 is 0 Å². The Bertz CT molecular complexity index is 377. The van der Waals surface area contributed by atoms with Crippen LogP contribution in [-0.4, -0.2) is 50.6 Å². The summed E-state index contributed by atoms with van der Waals surface area (Å²) in [6.45, 7) is 6.76. The fourth-order valence-corrected chi connectivity index (χ4v) is 3.20. The molecule has 0 saturated carbocycles. The predicted octanol–water partition coefficient (Wildman–Crippen LogP) is 0.0496. The molecule has 0 spiro atoms. The van der Waals surface area contributed by atoms with Gasteiger partial charge in [-0.1, -0.05) is 6.92 Å². The first-order chi connectivity index (χ1) is 8.36. The van der Waals surface area contributed by atoms with Gasteiger partial charge in [0.05, 0.1) is 6.10 Å². The summed E-state index contributed by atoms with van der Waals surface area (Å²) in [5.41, 5.74) is 0. The molecule has 106 valence electrons. The minimum Gasteiger partial charge on any atom is -0.446 e. The van der Waals surface area contributed by atoms with Crippen molar-refractivity contribution in [3.63, 3.8) is 0 Å². The van der Waals surface area contributed by atoms with E-state index in [1.165, 1.54) is 4.31 Å². The molecule has 1 saturated heterocycles. The van der Waals surface area contributed by atoms with E-state index in [2.05, 4.69) is 5.32 Å². The zero-order valence-corrected chi connectivity index (χ0v) is 11.8. The van der Waals surface area contributed by atoms with Gasteiger partial charge in [0, 0.05) is 19.1 Å². The quantitative estimate of drug-likeness (QED) is 0.742. The third-order valence-electron chi connectivity index (χ3n) is 2.62. The van der Waals surface area contributed by atoms with E-state index in [0.29, 0.717) is 13.1 Å². The van der Waals surface area contributed by atoms with Crippen molar-refractivity contribution < 1.29 is 17.9 Å². The lowest BCUT2D eigenvalue weighted by Crippen LogP contribution is -2.49. The number of amides is 1. The van der Waals surface area contributed by atoms with Crippen LogP contribution in [0.2, 0.25) is 0 Å². The van der Waals surface area contributed by atoms with E-state index in [-0.39, 0.29) is 12.1 Å². The van der Waals surface area contributed by atoms with Crippen LogP contribution in [0.1, 0.15) is 27.2 Å². The number of hydrogen-bond acceptors (Lipinski definition) is 5. The molecule has 1 fully saturated rings. The summed E-state index contributed by atoms with van der Waals surface area (Å²) < 4.78 is 32.0. The largest absolute Gasteiger partial charge is 0.446 e. The number of carbonyl (C=O) groups excluding carboxylic acids is 1. The van der Waals surface area contributed by atoms with Gasteiger partial charge in [0.25, 0.3) is 0 Å². The predicted molar refractivity (Wildman–Crippen MR) is 67.3 cm³/mol. The molecule has 0 aromatic heterocycles. The maximum absolute atomic E-state index is 12.0. The highest BCUT2D eigenvalue weighted by Gasteiger charge is 2.32. The van der Waals surface area contributed by atoms with Crippen LogP contribution in [0.5, 0.6) is 0 Å². The topological polar surface area (TPSA) is 87.7 Å². The first-order valence-electron chi connectivity index (χ1n) is 6.07. The normalized spacial score (nSPS) is 20.4. The number of nitrogens with one attached hydrogen (secondary N) is 2. The Morgan fingerprint density at radius 1 is 1.56 bits per heavy atom. The summed E-state index contributed by atoms with van der Waals surface area (Å²) >= 11 is 0. The van der Waals surface area contributed by atoms with Crippen molar-refractivity contribution in [3.05, 3.63) is 0 Å². The molecule has 1 atom stereocenters. The lowest BCUT2D eigenvalue weighted by Gasteiger charge is -2.26. The summed E-state index contributed by atoms with van der Waals surface area (Å²) in [7, 11) is -3.83. The van der Waals surface area contributed by atoms with Crippen molar-refractivity contribution in [2.45, 2.75) is 39.3 Å². The maximum Gasteiger partial charge on any atom is 0.422 e. The molecule has 0 radical (unpaired) electrons. The zero-order chi connectivity index (χ0) is 13.8. The van der Waals surface area contributed by atoms with Crippen molar-refractivity contribution in [1.82, 2.24) is 14.3 Å². The Balaban J connectivity index is 2.67. The van der Waals surface area contributed by atoms with Crippen LogP contribution in [0.4, 0.5) is 4.79 Å². The van der Waals surface area contributed by atoms with E-state index >= 15 is 0 Å². The van der Waals surface area contributed by atoms with E-state index in [0.717, 1.165) is 13.0 Å². The summed E-state index contributed by atoms with van der Waals surface area (Å²) in [4.78, 5) is 11.3. The van der Waals surface area contributed by atoms with Crippen LogP contribution in [0, 0.1) is 0 Å². The lowest BCUT2D eigenvalue weighted by atomic mass is 10.3. The lowest BCUT2D eigenvalue weighted by molar-refractivity contribution is 0.120. The summed E-state index contributed by atoms with van der Waals surface area (Å²) in [5.74, 6) is 0. The van der Waals surface area contributed by atoms with Crippen molar-refractivity contribution >= 4 is 16.3 Å². The second kappa shape index (κ2) is 6.35. The van der Waals surface area contributed by atoms with Crippen LogP contribution < -0.4 is 10.0 Å². The molecule has 0 aromatic rings. The highest BCUT2D eigenvalue weighted by molar-refractivity contribution is 7.87. The van der Waals surface area contributed by atoms with Gasteiger partial charge < -0.3 is 10.1 Å². The van der Waals surface area contributed by atoms with E-state index < -0.39 is 16.3 Å². The zero-order valence-electron chi connectivity index (χ0n) is 11.0. The standard InChI is InChI=1S/C10H21N3O4S/c1-4-13(9-5-6-11-7-9)18(15,16)12-10(14)17-8(2)3/h8-9,11H,4-7H2,1-3H3,(H,12,14). The molecule has 8 heteroatoms. The molecule has 1 aliphatic heterocycles. The number of rotatable bonds is 5. The van der Waals surface area contributed by atoms with Gasteiger partial charge in [0.1, 0.15) is 0 Å². The third kappa shape index (κ3) is 4.11. The first-order valence-corrected chi connectivity index (χ1v) is 7.51. The second-order valence-corrected chi connectivity index (χ2v) is 6.03. The van der Waals surface area contributed by atoms with Gasteiger partial charge in [-0.2, -0.15) is 12.7 Å². The monoisotopic (exact) mass is 279 g/mol. The van der Waals surface area contributed by atoms with Crippen LogP contribution in [-0.2, 0) is 14.9 Å². The van der Waals surface area contributed by atoms with E-state index in [1.54, 1.807) is 20.8 Å². The van der Waals surface area contributed by atoms with E-state index in [1.807, 2.05) is 4.72 Å². The highest BCUT2D eigenvalue weighted by atomic mass is 32.2. The molecule has 1 rings (SSSR count). The molecular weight excluding hydrogens is 258 g/mol. The van der Waals surface area contributed by atoms with Crippen LogP contribution in [0.3, 0.4) is 0 Å². The Kier molecular flexibility index (Phi) is 5.36. The minimum atomic E-state index is -3.83. The Morgan fingerprint density at radius 3 is 2.67 bits per heavy atom. The summed E-state index contributed by atoms with van der Waals surface area (Å²) in [6.07, 6.45) is -0.550. The molecule has 0 aliphatic carbocycles. The Morgan fingerprint density at radius 2 is 2.22 bits per heavy atom. The number of hydrogen-bond donors (Lipinski definition) is 2. The Hall–Kier alpha value is -0.860. The van der Waals surface area contributed by atoms with Crippen LogP contribution in [0.25, 0.3) is 0 Å². The van der Waals surface area contributed by atoms with Crippen molar-refractivity contribution in [1.29, 1.82) is 0 Å². The minimum absolute atomic E-state index is 0.112. The molecule has 1 heterocycles. The fraction of sp³-hybridized carbons (Fsp3) is 0.900. The number of carbonyl (C=O) groups is 1. The molecule has 1 unspecified atom stereocenters. The molecule has 1 aliphatic rings. The van der Waals surface area contributed by atoms with Gasteiger partial charge in [0.2, 0.25) is 0 Å². The number of ether oxygens (including phenoxy) is 1. The van der Waals surface area contributed by atoms with Gasteiger partial charge in [0.15, 0.2) is 0 Å². The van der Waals surface area contributed by atoms with Gasteiger partial charge in [-0.05, 0) is 26.8 Å². The van der Waals surface area contributed by atoms with E-state index in [9.17, 15) is 13.2 Å². The maximum atomic E-state index is 12.0. The molecular formula is C10H21N3O4S. The summed E-state index contributed by atoms with van der Waals surface area (Å²) in [6, 6.07) is -0.112. The molecule has 18 heavy (non-hydrogen) atoms. The Labute approximate surface area is 108 Å². The first kappa shape index (κ1) is 15.2. The molecule has 7 nitrogen and oxygen atoms in total. The summed E-state index contributed by atoms with van der Waals surface area (Å²) in [5, 5.41) is 3.09. The molecule has 0 bridgehead atoms. The SMILES string of the molecule is CCN(C1CCNC1)S(=O)(=O)NC(=O)OC(C)C. The molecule has 2 N–H and O–H groups in total. The third-order valence-corrected chi connectivity index (χ3v) is 4.22. The van der Waals surface area contributed by atoms with Gasteiger partial charge >= 0.3 is 16.3 Å². The van der Waals surface area contributed by atoms with Crippen molar-refractivity contribution in [2.24, 2.45) is 0 Å². The fourth-order valence-electron chi connectivity index (χ4n) is 1.91. The van der Waals surface area contributed by atoms with Crippen molar-refractivity contribution in [3.8, 4) is 0 Å². The molecule has 1 amide bonds. The molecule has 0 aromatic carbocycles. The van der Waals surface area contributed by atoms with Gasteiger partial charge in [-0.25, -0.2) is 9.52 Å². The van der Waals surface area contributed by atoms with Crippen molar-refractivity contribution in [2.75, 3.05) is 19.6 Å².